The Bertz CT molecular complexity index is 796. The summed E-state index contributed by atoms with van der Waals surface area (Å²) in [7, 11) is -3.67. The second kappa shape index (κ2) is 8.45. The third-order valence-corrected chi connectivity index (χ3v) is 7.57. The summed E-state index contributed by atoms with van der Waals surface area (Å²) in [5, 5.41) is 4.15. The molecule has 150 valence electrons. The molecule has 3 rings (SSSR count). The Hall–Kier alpha value is -1.19. The molecule has 0 aromatic heterocycles. The van der Waals surface area contributed by atoms with E-state index in [1.165, 1.54) is 11.2 Å². The first-order valence-corrected chi connectivity index (χ1v) is 11.0. The molecule has 1 unspecified atom stereocenters. The molecule has 0 spiro atoms. The van der Waals surface area contributed by atoms with Crippen molar-refractivity contribution in [1.82, 2.24) is 14.3 Å². The van der Waals surface area contributed by atoms with Crippen molar-refractivity contribution in [3.05, 3.63) is 28.8 Å². The number of benzene rings is 1. The Kier molecular flexibility index (Phi) is 6.43. The van der Waals surface area contributed by atoms with E-state index >= 15 is 0 Å². The number of carbonyl (C=O) groups is 1. The molecule has 1 atom stereocenters. The van der Waals surface area contributed by atoms with Crippen LogP contribution in [0.2, 0.25) is 5.02 Å². The Balaban J connectivity index is 1.84. The van der Waals surface area contributed by atoms with E-state index in [2.05, 4.69) is 0 Å². The van der Waals surface area contributed by atoms with Crippen LogP contribution in [0.15, 0.2) is 23.1 Å². The molecule has 0 N–H and O–H groups in total. The molecule has 1 amide bonds. The zero-order valence-corrected chi connectivity index (χ0v) is 17.3. The van der Waals surface area contributed by atoms with Crippen molar-refractivity contribution >= 4 is 27.5 Å². The summed E-state index contributed by atoms with van der Waals surface area (Å²) in [6.45, 7) is 6.38. The Morgan fingerprint density at radius 2 is 1.96 bits per heavy atom. The Labute approximate surface area is 165 Å². The van der Waals surface area contributed by atoms with Gasteiger partial charge in [0.1, 0.15) is 0 Å². The minimum absolute atomic E-state index is 0.0694. The van der Waals surface area contributed by atoms with Gasteiger partial charge < -0.3 is 4.74 Å². The van der Waals surface area contributed by atoms with E-state index < -0.39 is 10.0 Å². The summed E-state index contributed by atoms with van der Waals surface area (Å²) in [6, 6.07) is 4.75. The predicted octanol–water partition coefficient (Wildman–Crippen LogP) is 1.90. The minimum atomic E-state index is -3.67. The maximum Gasteiger partial charge on any atom is 0.243 e. The lowest BCUT2D eigenvalue weighted by atomic mass is 10.1. The third kappa shape index (κ3) is 4.30. The molecule has 2 aliphatic heterocycles. The van der Waals surface area contributed by atoms with E-state index in [9.17, 15) is 13.2 Å². The third-order valence-electron chi connectivity index (χ3n) is 5.16. The van der Waals surface area contributed by atoms with Crippen molar-refractivity contribution in [2.24, 2.45) is 0 Å². The van der Waals surface area contributed by atoms with Gasteiger partial charge in [-0.2, -0.15) is 4.31 Å². The highest BCUT2D eigenvalue weighted by Gasteiger charge is 2.37. The highest BCUT2D eigenvalue weighted by atomic mass is 35.5. The second-order valence-corrected chi connectivity index (χ2v) is 9.27. The van der Waals surface area contributed by atoms with E-state index in [-0.39, 0.29) is 23.4 Å². The van der Waals surface area contributed by atoms with E-state index in [0.29, 0.717) is 49.9 Å². The molecule has 1 aromatic rings. The normalized spacial score (nSPS) is 22.6. The first-order chi connectivity index (χ1) is 12.8. The van der Waals surface area contributed by atoms with Gasteiger partial charge in [-0.05, 0) is 37.5 Å². The average molecular weight is 416 g/mol. The van der Waals surface area contributed by atoms with Crippen LogP contribution in [0.4, 0.5) is 0 Å². The van der Waals surface area contributed by atoms with Crippen molar-refractivity contribution in [2.45, 2.75) is 37.6 Å². The highest BCUT2D eigenvalue weighted by Crippen LogP contribution is 2.29. The smallest absolute Gasteiger partial charge is 0.243 e. The first kappa shape index (κ1) is 20.5. The zero-order chi connectivity index (χ0) is 19.6. The molecule has 2 saturated heterocycles. The number of nitrogens with zero attached hydrogens (tertiary/aromatic N) is 3. The van der Waals surface area contributed by atoms with Crippen LogP contribution in [0, 0.1) is 6.92 Å². The van der Waals surface area contributed by atoms with Crippen LogP contribution in [0.3, 0.4) is 0 Å². The van der Waals surface area contributed by atoms with E-state index in [4.69, 9.17) is 16.3 Å². The molecule has 0 bridgehead atoms. The van der Waals surface area contributed by atoms with Crippen LogP contribution in [-0.2, 0) is 19.6 Å². The van der Waals surface area contributed by atoms with Gasteiger partial charge in [0.05, 0.1) is 24.2 Å². The largest absolute Gasteiger partial charge is 0.379 e. The lowest BCUT2D eigenvalue weighted by Crippen LogP contribution is -2.59. The number of hydrazine groups is 1. The van der Waals surface area contributed by atoms with Gasteiger partial charge in [0.15, 0.2) is 0 Å². The summed E-state index contributed by atoms with van der Waals surface area (Å²) in [4.78, 5) is 12.6. The van der Waals surface area contributed by atoms with E-state index in [1.54, 1.807) is 30.1 Å². The number of amides is 1. The van der Waals surface area contributed by atoms with Gasteiger partial charge in [-0.25, -0.2) is 13.4 Å². The number of rotatable bonds is 4. The number of ether oxygens (including phenoxy) is 1. The van der Waals surface area contributed by atoms with Crippen LogP contribution in [0.5, 0.6) is 0 Å². The number of hydrogen-bond donors (Lipinski definition) is 0. The SMILES string of the molecule is CC(=O)N(C1CCCN(S(=O)(=O)c2cccc(Cl)c2C)C1)N1CCOCC1. The number of piperidine rings is 1. The summed E-state index contributed by atoms with van der Waals surface area (Å²) in [5.74, 6) is -0.0694. The fourth-order valence-electron chi connectivity index (χ4n) is 3.80. The van der Waals surface area contributed by atoms with Gasteiger partial charge in [0.2, 0.25) is 15.9 Å². The average Bonchev–Trinajstić information content (AvgIpc) is 2.65. The van der Waals surface area contributed by atoms with Gasteiger partial charge in [0.25, 0.3) is 0 Å². The van der Waals surface area contributed by atoms with Crippen molar-refractivity contribution in [3.63, 3.8) is 0 Å². The number of sulfonamides is 1. The van der Waals surface area contributed by atoms with Crippen molar-refractivity contribution in [1.29, 1.82) is 0 Å². The molecule has 0 radical (unpaired) electrons. The molecule has 2 aliphatic rings. The molecule has 2 fully saturated rings. The first-order valence-electron chi connectivity index (χ1n) is 9.20. The van der Waals surface area contributed by atoms with Gasteiger partial charge in [-0.3, -0.25) is 9.80 Å². The van der Waals surface area contributed by atoms with Gasteiger partial charge >= 0.3 is 0 Å². The lowest BCUT2D eigenvalue weighted by molar-refractivity contribution is -0.164. The summed E-state index contributed by atoms with van der Waals surface area (Å²) >= 11 is 6.13. The van der Waals surface area contributed by atoms with Gasteiger partial charge in [-0.15, -0.1) is 0 Å². The summed E-state index contributed by atoms with van der Waals surface area (Å²) < 4.78 is 33.3. The van der Waals surface area contributed by atoms with Gasteiger partial charge in [-0.1, -0.05) is 17.7 Å². The molecule has 27 heavy (non-hydrogen) atoms. The molecular formula is C18H26ClN3O4S. The van der Waals surface area contributed by atoms with Crippen LogP contribution in [0.1, 0.15) is 25.3 Å². The minimum Gasteiger partial charge on any atom is -0.379 e. The molecule has 1 aromatic carbocycles. The monoisotopic (exact) mass is 415 g/mol. The maximum absolute atomic E-state index is 13.2. The van der Waals surface area contributed by atoms with Crippen molar-refractivity contribution < 1.29 is 17.9 Å². The quantitative estimate of drug-likeness (QED) is 0.751. The second-order valence-electron chi connectivity index (χ2n) is 6.95. The fourth-order valence-corrected chi connectivity index (χ4v) is 5.80. The topological polar surface area (TPSA) is 70.2 Å². The number of halogens is 1. The number of carbonyl (C=O) groups excluding carboxylic acids is 1. The van der Waals surface area contributed by atoms with E-state index in [1.807, 2.05) is 5.01 Å². The summed E-state index contributed by atoms with van der Waals surface area (Å²) in [5.41, 5.74) is 0.554. The Morgan fingerprint density at radius 1 is 1.26 bits per heavy atom. The molecule has 9 heteroatoms. The van der Waals surface area contributed by atoms with Crippen LogP contribution < -0.4 is 0 Å². The Morgan fingerprint density at radius 3 is 2.63 bits per heavy atom. The summed E-state index contributed by atoms with van der Waals surface area (Å²) in [6.07, 6.45) is 1.48. The molecule has 0 saturated carbocycles. The van der Waals surface area contributed by atoms with Crippen LogP contribution in [0.25, 0.3) is 0 Å². The standard InChI is InChI=1S/C18H26ClN3O4S/c1-14-17(19)6-3-7-18(14)27(24,25)21-8-4-5-16(13-21)22(15(2)23)20-9-11-26-12-10-20/h3,6-7,16H,4-5,8-13H2,1-2H3. The fraction of sp³-hybridized carbons (Fsp3) is 0.611. The zero-order valence-electron chi connectivity index (χ0n) is 15.7. The predicted molar refractivity (Wildman–Crippen MR) is 103 cm³/mol. The molecule has 0 aliphatic carbocycles. The van der Waals surface area contributed by atoms with Gasteiger partial charge in [0, 0.05) is 38.1 Å². The highest BCUT2D eigenvalue weighted by molar-refractivity contribution is 7.89. The molecule has 7 nitrogen and oxygen atoms in total. The lowest BCUT2D eigenvalue weighted by Gasteiger charge is -2.44. The molecule has 2 heterocycles. The number of hydrogen-bond acceptors (Lipinski definition) is 5. The van der Waals surface area contributed by atoms with Crippen molar-refractivity contribution in [2.75, 3.05) is 39.4 Å². The number of morpholine rings is 1. The van der Waals surface area contributed by atoms with Crippen LogP contribution in [-0.4, -0.2) is 74.1 Å². The van der Waals surface area contributed by atoms with Crippen LogP contribution >= 0.6 is 11.6 Å². The van der Waals surface area contributed by atoms with Crippen molar-refractivity contribution in [3.8, 4) is 0 Å². The van der Waals surface area contributed by atoms with E-state index in [0.717, 1.165) is 6.42 Å². The maximum atomic E-state index is 13.2. The molecular weight excluding hydrogens is 390 g/mol.